The number of aromatic amines is 2. The van der Waals surface area contributed by atoms with Gasteiger partial charge in [0.25, 0.3) is 11.5 Å². The monoisotopic (exact) mass is 335 g/mol. The van der Waals surface area contributed by atoms with Crippen LogP contribution in [-0.4, -0.2) is 37.5 Å². The van der Waals surface area contributed by atoms with Gasteiger partial charge >= 0.3 is 0 Å². The normalized spacial score (nSPS) is 13.6. The Balaban J connectivity index is 1.69. The summed E-state index contributed by atoms with van der Waals surface area (Å²) >= 11 is 0. The first-order valence-electron chi connectivity index (χ1n) is 8.10. The van der Waals surface area contributed by atoms with Gasteiger partial charge in [0.2, 0.25) is 0 Å². The molecule has 0 saturated carbocycles. The lowest BCUT2D eigenvalue weighted by Crippen LogP contribution is -2.39. The number of hydrogen-bond donors (Lipinski definition) is 2. The number of rotatable bonds is 2. The minimum atomic E-state index is -0.124. The number of fused-ring (bicyclic) bond motifs is 1. The predicted molar refractivity (Wildman–Crippen MR) is 92.1 cm³/mol. The highest BCUT2D eigenvalue weighted by Gasteiger charge is 2.28. The highest BCUT2D eigenvalue weighted by molar-refractivity contribution is 6.01. The summed E-state index contributed by atoms with van der Waals surface area (Å²) in [6, 6.07) is 9.62. The number of nitrogens with zero attached hydrogens (tertiary/aromatic N) is 3. The zero-order chi connectivity index (χ0) is 17.4. The van der Waals surface area contributed by atoms with E-state index in [0.29, 0.717) is 42.0 Å². The number of aromatic nitrogens is 4. The first-order chi connectivity index (χ1) is 12.1. The summed E-state index contributed by atoms with van der Waals surface area (Å²) in [4.78, 5) is 33.5. The lowest BCUT2D eigenvalue weighted by molar-refractivity contribution is 0.0731. The molecule has 126 valence electrons. The van der Waals surface area contributed by atoms with Gasteiger partial charge in [-0.15, -0.1) is 0 Å². The van der Waals surface area contributed by atoms with Crippen LogP contribution >= 0.6 is 0 Å². The van der Waals surface area contributed by atoms with Crippen molar-refractivity contribution in [2.75, 3.05) is 6.54 Å². The highest BCUT2D eigenvalue weighted by Crippen LogP contribution is 2.26. The van der Waals surface area contributed by atoms with Crippen molar-refractivity contribution in [1.82, 2.24) is 25.1 Å². The number of aryl methyl sites for hydroxylation is 1. The molecule has 0 unspecified atom stereocenters. The van der Waals surface area contributed by atoms with E-state index in [0.717, 1.165) is 11.3 Å². The quantitative estimate of drug-likeness (QED) is 0.745. The minimum absolute atomic E-state index is 0.0992. The van der Waals surface area contributed by atoms with Crippen LogP contribution in [0.5, 0.6) is 0 Å². The summed E-state index contributed by atoms with van der Waals surface area (Å²) in [5.74, 6) is -0.0992. The van der Waals surface area contributed by atoms with E-state index in [-0.39, 0.29) is 11.5 Å². The van der Waals surface area contributed by atoms with Crippen molar-refractivity contribution in [3.05, 3.63) is 69.5 Å². The maximum Gasteiger partial charge on any atom is 0.258 e. The van der Waals surface area contributed by atoms with Crippen LogP contribution in [0.1, 0.15) is 27.3 Å². The van der Waals surface area contributed by atoms with Gasteiger partial charge in [-0.1, -0.05) is 30.3 Å². The zero-order valence-electron chi connectivity index (χ0n) is 13.7. The molecule has 7 heteroatoms. The lowest BCUT2D eigenvalue weighted by atomic mass is 10.0. The van der Waals surface area contributed by atoms with Gasteiger partial charge in [-0.3, -0.25) is 14.7 Å². The summed E-state index contributed by atoms with van der Waals surface area (Å²) in [6.07, 6.45) is 1.88. The Kier molecular flexibility index (Phi) is 3.68. The molecule has 2 aromatic heterocycles. The first-order valence-corrected chi connectivity index (χ1v) is 8.10. The molecule has 0 spiro atoms. The Bertz CT molecular complexity index is 990. The van der Waals surface area contributed by atoms with Crippen LogP contribution in [0.25, 0.3) is 11.3 Å². The molecule has 0 fully saturated rings. The van der Waals surface area contributed by atoms with E-state index in [1.165, 1.54) is 6.33 Å². The minimum Gasteiger partial charge on any atom is -0.332 e. The molecule has 4 rings (SSSR count). The second-order valence-corrected chi connectivity index (χ2v) is 6.07. The van der Waals surface area contributed by atoms with E-state index < -0.39 is 0 Å². The Morgan fingerprint density at radius 1 is 1.24 bits per heavy atom. The third-order valence-corrected chi connectivity index (χ3v) is 4.51. The maximum absolute atomic E-state index is 13.1. The van der Waals surface area contributed by atoms with E-state index in [1.807, 2.05) is 37.3 Å². The topological polar surface area (TPSA) is 94.7 Å². The van der Waals surface area contributed by atoms with Crippen LogP contribution in [0, 0.1) is 6.92 Å². The van der Waals surface area contributed by atoms with E-state index in [2.05, 4.69) is 20.2 Å². The van der Waals surface area contributed by atoms with Gasteiger partial charge < -0.3 is 9.88 Å². The molecule has 0 radical (unpaired) electrons. The number of amides is 1. The second-order valence-electron chi connectivity index (χ2n) is 6.07. The van der Waals surface area contributed by atoms with Gasteiger partial charge in [-0.25, -0.2) is 4.98 Å². The van der Waals surface area contributed by atoms with Crippen LogP contribution in [0.15, 0.2) is 41.5 Å². The van der Waals surface area contributed by atoms with Crippen LogP contribution < -0.4 is 5.56 Å². The number of nitrogens with one attached hydrogen (secondary N) is 2. The van der Waals surface area contributed by atoms with Crippen LogP contribution in [0.2, 0.25) is 0 Å². The molecular formula is C18H17N5O2. The van der Waals surface area contributed by atoms with Gasteiger partial charge in [0.15, 0.2) is 0 Å². The van der Waals surface area contributed by atoms with E-state index in [1.54, 1.807) is 4.90 Å². The number of benzene rings is 1. The number of carbonyl (C=O) groups excluding carboxylic acids is 1. The molecule has 2 N–H and O–H groups in total. The molecule has 0 saturated heterocycles. The summed E-state index contributed by atoms with van der Waals surface area (Å²) in [6.45, 7) is 2.66. The Morgan fingerprint density at radius 2 is 2.04 bits per heavy atom. The fourth-order valence-corrected chi connectivity index (χ4v) is 3.19. The summed E-state index contributed by atoms with van der Waals surface area (Å²) in [5, 5.41) is 7.23. The van der Waals surface area contributed by atoms with E-state index in [4.69, 9.17) is 0 Å². The van der Waals surface area contributed by atoms with Gasteiger partial charge in [0.05, 0.1) is 24.1 Å². The third kappa shape index (κ3) is 2.63. The fraction of sp³-hybridized carbons (Fsp3) is 0.222. The molecule has 25 heavy (non-hydrogen) atoms. The standard InChI is InChI=1S/C18H17N5O2/c1-11-15(16(22-21-11)12-5-3-2-4-6-12)18(25)23-8-7-13-14(9-23)19-10-20-17(13)24/h2-6,10H,7-9H2,1H3,(H,21,22)(H,19,20,24). The van der Waals surface area contributed by atoms with Crippen molar-refractivity contribution >= 4 is 5.91 Å². The maximum atomic E-state index is 13.1. The molecule has 3 heterocycles. The molecular weight excluding hydrogens is 318 g/mol. The number of carbonyl (C=O) groups is 1. The molecule has 0 atom stereocenters. The van der Waals surface area contributed by atoms with Crippen LogP contribution in [0.4, 0.5) is 0 Å². The first kappa shape index (κ1) is 15.3. The number of hydrogen-bond acceptors (Lipinski definition) is 4. The predicted octanol–water partition coefficient (Wildman–Crippen LogP) is 1.67. The van der Waals surface area contributed by atoms with Crippen LogP contribution in [0.3, 0.4) is 0 Å². The van der Waals surface area contributed by atoms with Crippen LogP contribution in [-0.2, 0) is 13.0 Å². The fourth-order valence-electron chi connectivity index (χ4n) is 3.19. The van der Waals surface area contributed by atoms with Crippen molar-refractivity contribution in [3.8, 4) is 11.3 Å². The van der Waals surface area contributed by atoms with E-state index in [9.17, 15) is 9.59 Å². The van der Waals surface area contributed by atoms with Crippen molar-refractivity contribution < 1.29 is 4.79 Å². The Labute approximate surface area is 143 Å². The van der Waals surface area contributed by atoms with Crippen molar-refractivity contribution in [2.45, 2.75) is 19.9 Å². The van der Waals surface area contributed by atoms with Crippen molar-refractivity contribution in [1.29, 1.82) is 0 Å². The van der Waals surface area contributed by atoms with Gasteiger partial charge in [-0.2, -0.15) is 5.10 Å². The number of H-pyrrole nitrogens is 2. The average Bonchev–Trinajstić information content (AvgIpc) is 3.03. The van der Waals surface area contributed by atoms with Gasteiger partial charge in [0.1, 0.15) is 5.69 Å². The zero-order valence-corrected chi connectivity index (χ0v) is 13.7. The molecule has 1 aromatic carbocycles. The van der Waals surface area contributed by atoms with E-state index >= 15 is 0 Å². The molecule has 7 nitrogen and oxygen atoms in total. The largest absolute Gasteiger partial charge is 0.332 e. The Morgan fingerprint density at radius 3 is 2.84 bits per heavy atom. The summed E-state index contributed by atoms with van der Waals surface area (Å²) < 4.78 is 0. The molecule has 3 aromatic rings. The molecule has 1 aliphatic rings. The molecule has 0 bridgehead atoms. The SMILES string of the molecule is Cc1[nH]nc(-c2ccccc2)c1C(=O)N1CCc2c(nc[nH]c2=O)C1. The molecule has 1 amide bonds. The van der Waals surface area contributed by atoms with Crippen molar-refractivity contribution in [3.63, 3.8) is 0 Å². The second kappa shape index (κ2) is 6.01. The molecule has 0 aliphatic carbocycles. The third-order valence-electron chi connectivity index (χ3n) is 4.51. The average molecular weight is 335 g/mol. The summed E-state index contributed by atoms with van der Waals surface area (Å²) in [7, 11) is 0. The lowest BCUT2D eigenvalue weighted by Gasteiger charge is -2.27. The molecule has 1 aliphatic heterocycles. The van der Waals surface area contributed by atoms with Gasteiger partial charge in [0, 0.05) is 23.4 Å². The van der Waals surface area contributed by atoms with Gasteiger partial charge in [-0.05, 0) is 13.3 Å². The smallest absolute Gasteiger partial charge is 0.258 e. The Hall–Kier alpha value is -3.22. The highest BCUT2D eigenvalue weighted by atomic mass is 16.2. The van der Waals surface area contributed by atoms with Crippen molar-refractivity contribution in [2.24, 2.45) is 0 Å². The summed E-state index contributed by atoms with van der Waals surface area (Å²) in [5.41, 5.74) is 4.04.